The molecule has 0 aromatic heterocycles. The van der Waals surface area contributed by atoms with Gasteiger partial charge >= 0.3 is 11.9 Å². The molecule has 2 aliphatic rings. The predicted octanol–water partition coefficient (Wildman–Crippen LogP) is 0.753. The van der Waals surface area contributed by atoms with Crippen LogP contribution < -0.4 is 0 Å². The number of amides is 2. The predicted molar refractivity (Wildman–Crippen MR) is 77.1 cm³/mol. The van der Waals surface area contributed by atoms with E-state index in [-0.39, 0.29) is 11.1 Å². The Morgan fingerprint density at radius 1 is 1.17 bits per heavy atom. The van der Waals surface area contributed by atoms with Crippen molar-refractivity contribution in [1.29, 1.82) is 0 Å². The number of fused-ring (bicyclic) bond motifs is 1. The monoisotopic (exact) mass is 329 g/mol. The molecule has 0 spiro atoms. The van der Waals surface area contributed by atoms with E-state index in [4.69, 9.17) is 9.47 Å². The lowest BCUT2D eigenvalue weighted by molar-refractivity contribution is -0.151. The highest BCUT2D eigenvalue weighted by molar-refractivity contribution is 6.24. The molecule has 0 N–H and O–H groups in total. The molecular weight excluding hydrogens is 318 g/mol. The Morgan fingerprint density at radius 3 is 2.29 bits per heavy atom. The minimum Gasteiger partial charge on any atom is -0.464 e. The largest absolute Gasteiger partial charge is 0.464 e. The first-order valence-corrected chi connectivity index (χ1v) is 6.83. The molecule has 1 aromatic rings. The summed E-state index contributed by atoms with van der Waals surface area (Å²) in [5.41, 5.74) is -0.0750. The second kappa shape index (κ2) is 5.99. The van der Waals surface area contributed by atoms with E-state index in [1.807, 2.05) is 0 Å². The van der Waals surface area contributed by atoms with Crippen molar-refractivity contribution in [1.82, 2.24) is 4.90 Å². The fraction of sp³-hybridized carbons (Fsp3) is 0.125. The van der Waals surface area contributed by atoms with Crippen molar-refractivity contribution in [3.63, 3.8) is 0 Å². The number of ether oxygens (including phenoxy) is 3. The van der Waals surface area contributed by atoms with E-state index in [2.05, 4.69) is 4.74 Å². The summed E-state index contributed by atoms with van der Waals surface area (Å²) in [6, 6.07) is 6.17. The van der Waals surface area contributed by atoms with Crippen molar-refractivity contribution in [3.05, 3.63) is 59.5 Å². The number of cyclic esters (lactones) is 1. The third-order valence-corrected chi connectivity index (χ3v) is 3.37. The molecule has 8 nitrogen and oxygen atoms in total. The maximum Gasteiger partial charge on any atom is 0.358 e. The van der Waals surface area contributed by atoms with E-state index >= 15 is 0 Å². The summed E-state index contributed by atoms with van der Waals surface area (Å²) in [6.45, 7) is 0. The van der Waals surface area contributed by atoms with Gasteiger partial charge in [0.05, 0.1) is 18.2 Å². The Hall–Kier alpha value is -3.42. The zero-order valence-electron chi connectivity index (χ0n) is 12.4. The molecule has 122 valence electrons. The van der Waals surface area contributed by atoms with Crippen LogP contribution in [0, 0.1) is 0 Å². The van der Waals surface area contributed by atoms with Crippen LogP contribution in [0.25, 0.3) is 0 Å². The van der Waals surface area contributed by atoms with Crippen LogP contribution in [0.15, 0.2) is 48.4 Å². The van der Waals surface area contributed by atoms with Gasteiger partial charge in [-0.2, -0.15) is 0 Å². The summed E-state index contributed by atoms with van der Waals surface area (Å²) < 4.78 is 14.5. The fourth-order valence-electron chi connectivity index (χ4n) is 2.26. The number of esters is 2. The summed E-state index contributed by atoms with van der Waals surface area (Å²) in [5.74, 6) is -2.89. The Labute approximate surface area is 135 Å². The number of methoxy groups -OCH3 is 1. The van der Waals surface area contributed by atoms with Crippen LogP contribution in [0.2, 0.25) is 0 Å². The minimum absolute atomic E-state index is 0.171. The van der Waals surface area contributed by atoms with Crippen molar-refractivity contribution in [3.8, 4) is 0 Å². The normalized spacial score (nSPS) is 19.4. The lowest BCUT2D eigenvalue weighted by Gasteiger charge is -2.16. The Kier molecular flexibility index (Phi) is 3.87. The number of carbonyl (C=O) groups is 4. The van der Waals surface area contributed by atoms with E-state index in [1.54, 1.807) is 12.1 Å². The Morgan fingerprint density at radius 2 is 1.79 bits per heavy atom. The van der Waals surface area contributed by atoms with Gasteiger partial charge in [-0.25, -0.2) is 14.5 Å². The average molecular weight is 329 g/mol. The van der Waals surface area contributed by atoms with E-state index < -0.39 is 35.7 Å². The van der Waals surface area contributed by atoms with Gasteiger partial charge in [0.15, 0.2) is 5.70 Å². The van der Waals surface area contributed by atoms with Gasteiger partial charge in [0.1, 0.15) is 6.26 Å². The summed E-state index contributed by atoms with van der Waals surface area (Å²) in [4.78, 5) is 48.4. The number of benzene rings is 1. The standard InChI is InChI=1S/C16H11NO7/c1-22-16(21)11(8-23-13-7-6-12(18)24-13)17-14(19)9-4-2-3-5-10(9)15(17)20/h2-8,13H,1H3/b11-8-/t13-/m0/s1. The van der Waals surface area contributed by atoms with E-state index in [9.17, 15) is 19.2 Å². The van der Waals surface area contributed by atoms with Crippen LogP contribution >= 0.6 is 0 Å². The molecule has 1 atom stereocenters. The number of imide groups is 1. The van der Waals surface area contributed by atoms with E-state index in [0.29, 0.717) is 4.90 Å². The highest BCUT2D eigenvalue weighted by Crippen LogP contribution is 2.26. The van der Waals surface area contributed by atoms with Crippen molar-refractivity contribution >= 4 is 23.8 Å². The number of nitrogens with zero attached hydrogens (tertiary/aromatic N) is 1. The van der Waals surface area contributed by atoms with Gasteiger partial charge in [0.25, 0.3) is 18.1 Å². The summed E-state index contributed by atoms with van der Waals surface area (Å²) in [5, 5.41) is 0. The van der Waals surface area contributed by atoms with Crippen LogP contribution in [0.4, 0.5) is 0 Å². The first kappa shape index (κ1) is 15.5. The molecule has 0 saturated carbocycles. The summed E-state index contributed by atoms with van der Waals surface area (Å²) >= 11 is 0. The lowest BCUT2D eigenvalue weighted by atomic mass is 10.1. The maximum atomic E-state index is 12.4. The summed E-state index contributed by atoms with van der Waals surface area (Å²) in [6.07, 6.45) is 2.28. The zero-order valence-corrected chi connectivity index (χ0v) is 12.4. The van der Waals surface area contributed by atoms with Gasteiger partial charge in [0, 0.05) is 12.2 Å². The number of carbonyl (C=O) groups excluding carboxylic acids is 4. The van der Waals surface area contributed by atoms with Gasteiger partial charge in [-0.15, -0.1) is 0 Å². The molecule has 2 aliphatic heterocycles. The number of hydrogen-bond donors (Lipinski definition) is 0. The Balaban J connectivity index is 1.91. The van der Waals surface area contributed by atoms with Crippen LogP contribution in [0.5, 0.6) is 0 Å². The number of rotatable bonds is 4. The molecular formula is C16H11NO7. The van der Waals surface area contributed by atoms with Gasteiger partial charge in [-0.1, -0.05) is 12.1 Å². The van der Waals surface area contributed by atoms with Crippen LogP contribution in [0.1, 0.15) is 20.7 Å². The smallest absolute Gasteiger partial charge is 0.358 e. The topological polar surface area (TPSA) is 99.2 Å². The minimum atomic E-state index is -1.05. The van der Waals surface area contributed by atoms with E-state index in [1.165, 1.54) is 18.2 Å². The highest BCUT2D eigenvalue weighted by Gasteiger charge is 2.40. The molecule has 1 aromatic carbocycles. The second-order valence-electron chi connectivity index (χ2n) is 4.79. The third kappa shape index (κ3) is 2.54. The third-order valence-electron chi connectivity index (χ3n) is 3.37. The van der Waals surface area contributed by atoms with Gasteiger partial charge in [0.2, 0.25) is 0 Å². The van der Waals surface area contributed by atoms with Crippen LogP contribution in [-0.2, 0) is 23.8 Å². The average Bonchev–Trinajstić information content (AvgIpc) is 3.11. The van der Waals surface area contributed by atoms with Gasteiger partial charge < -0.3 is 14.2 Å². The molecule has 0 saturated heterocycles. The molecule has 24 heavy (non-hydrogen) atoms. The molecule has 8 heteroatoms. The van der Waals surface area contributed by atoms with Gasteiger partial charge in [-0.05, 0) is 12.1 Å². The fourth-order valence-corrected chi connectivity index (χ4v) is 2.26. The Bertz CT molecular complexity index is 773. The van der Waals surface area contributed by atoms with Crippen LogP contribution in [0.3, 0.4) is 0 Å². The molecule has 0 radical (unpaired) electrons. The highest BCUT2D eigenvalue weighted by atomic mass is 16.7. The maximum absolute atomic E-state index is 12.4. The zero-order chi connectivity index (χ0) is 17.3. The van der Waals surface area contributed by atoms with Crippen molar-refractivity contribution < 1.29 is 33.4 Å². The quantitative estimate of drug-likeness (QED) is 0.348. The molecule has 3 rings (SSSR count). The number of hydrogen-bond acceptors (Lipinski definition) is 7. The molecule has 2 amide bonds. The van der Waals surface area contributed by atoms with Crippen molar-refractivity contribution in [2.75, 3.05) is 7.11 Å². The summed E-state index contributed by atoms with van der Waals surface area (Å²) in [7, 11) is 1.10. The van der Waals surface area contributed by atoms with Crippen molar-refractivity contribution in [2.45, 2.75) is 6.29 Å². The second-order valence-corrected chi connectivity index (χ2v) is 4.79. The molecule has 2 heterocycles. The molecule has 0 aliphatic carbocycles. The first-order chi connectivity index (χ1) is 11.5. The first-order valence-electron chi connectivity index (χ1n) is 6.83. The molecule has 0 fully saturated rings. The molecule has 0 unspecified atom stereocenters. The molecule has 0 bridgehead atoms. The SMILES string of the molecule is COC(=O)/C(=C/O[C@@H]1C=CC(=O)O1)N1C(=O)c2ccccc2C1=O. The van der Waals surface area contributed by atoms with Crippen LogP contribution in [-0.4, -0.2) is 42.1 Å². The van der Waals surface area contributed by atoms with Crippen molar-refractivity contribution in [2.24, 2.45) is 0 Å². The van der Waals surface area contributed by atoms with Gasteiger partial charge in [-0.3, -0.25) is 9.59 Å². The van der Waals surface area contributed by atoms with E-state index in [0.717, 1.165) is 19.4 Å². The lowest BCUT2D eigenvalue weighted by Crippen LogP contribution is -2.34.